The van der Waals surface area contributed by atoms with Gasteiger partial charge in [-0.15, -0.1) is 0 Å². The van der Waals surface area contributed by atoms with Crippen LogP contribution < -0.4 is 15.8 Å². The number of piperidine rings is 1. The van der Waals surface area contributed by atoms with Crippen LogP contribution in [-0.4, -0.2) is 40.0 Å². The van der Waals surface area contributed by atoms with Gasteiger partial charge in [-0.1, -0.05) is 11.6 Å². The molecule has 7 nitrogen and oxygen atoms in total. The Kier molecular flexibility index (Phi) is 4.98. The zero-order chi connectivity index (χ0) is 18.0. The molecule has 3 heterocycles. The van der Waals surface area contributed by atoms with E-state index in [4.69, 9.17) is 11.6 Å². The minimum Gasteiger partial charge on any atom is -0.355 e. The molecule has 1 amide bonds. The number of hydrogen-bond acceptors (Lipinski definition) is 5. The van der Waals surface area contributed by atoms with Gasteiger partial charge in [-0.25, -0.2) is 9.97 Å². The molecule has 0 saturated carbocycles. The van der Waals surface area contributed by atoms with Crippen molar-refractivity contribution in [3.05, 3.63) is 39.7 Å². The molecule has 1 fully saturated rings. The lowest BCUT2D eigenvalue weighted by atomic mass is 10.1. The van der Waals surface area contributed by atoms with Gasteiger partial charge in [0.05, 0.1) is 0 Å². The van der Waals surface area contributed by atoms with Gasteiger partial charge in [0, 0.05) is 43.9 Å². The summed E-state index contributed by atoms with van der Waals surface area (Å²) in [6.45, 7) is 2.69. The Morgan fingerprint density at radius 3 is 2.80 bits per heavy atom. The number of pyridine rings is 1. The highest BCUT2D eigenvalue weighted by atomic mass is 35.5. The van der Waals surface area contributed by atoms with Crippen LogP contribution in [0.2, 0.25) is 5.02 Å². The Balaban J connectivity index is 1.87. The van der Waals surface area contributed by atoms with Crippen molar-refractivity contribution in [2.24, 2.45) is 0 Å². The fraction of sp³-hybridized carbons (Fsp3) is 0.375. The Labute approximate surface area is 148 Å². The molecule has 0 spiro atoms. The van der Waals surface area contributed by atoms with Crippen LogP contribution in [0.15, 0.2) is 23.1 Å². The molecule has 1 aliphatic rings. The first-order valence-electron chi connectivity index (χ1n) is 7.88. The van der Waals surface area contributed by atoms with Crippen LogP contribution in [0, 0.1) is 5.95 Å². The van der Waals surface area contributed by atoms with Crippen LogP contribution in [0.4, 0.5) is 10.2 Å². The summed E-state index contributed by atoms with van der Waals surface area (Å²) < 4.78 is 13.3. The number of carbonyl (C=O) groups is 1. The number of aromatic nitrogens is 3. The zero-order valence-corrected chi connectivity index (χ0v) is 14.3. The van der Waals surface area contributed by atoms with E-state index >= 15 is 0 Å². The first-order chi connectivity index (χ1) is 11.9. The summed E-state index contributed by atoms with van der Waals surface area (Å²) in [5, 5.41) is 2.88. The monoisotopic (exact) mass is 365 g/mol. The number of amides is 1. The maximum Gasteiger partial charge on any atom is 0.272 e. The Hall–Kier alpha value is -2.48. The van der Waals surface area contributed by atoms with E-state index in [2.05, 4.69) is 20.3 Å². The zero-order valence-electron chi connectivity index (χ0n) is 13.6. The number of carbonyl (C=O) groups excluding carboxylic acids is 1. The predicted octanol–water partition coefficient (Wildman–Crippen LogP) is 1.73. The number of anilines is 1. The second-order valence-corrected chi connectivity index (χ2v) is 6.26. The molecular formula is C16H17ClFN5O2. The van der Waals surface area contributed by atoms with Crippen LogP contribution in [0.1, 0.15) is 19.8 Å². The van der Waals surface area contributed by atoms with Crippen LogP contribution >= 0.6 is 11.6 Å². The molecule has 2 aromatic rings. The highest BCUT2D eigenvalue weighted by molar-refractivity contribution is 6.32. The van der Waals surface area contributed by atoms with E-state index in [1.807, 2.05) is 4.90 Å². The number of halogens is 2. The number of H-pyrrole nitrogens is 1. The fourth-order valence-electron chi connectivity index (χ4n) is 2.87. The molecule has 3 rings (SSSR count). The standard InChI is InChI=1S/C16H17ClFN5O2/c1-9(24)20-11-3-6-23(7-4-11)15-13(17)16(25)22-14(21-15)10-2-5-19-12(18)8-10/h2,5,8,11H,3-4,6-7H2,1H3,(H,20,24)(H,21,22,25). The van der Waals surface area contributed by atoms with Gasteiger partial charge in [-0.2, -0.15) is 4.39 Å². The van der Waals surface area contributed by atoms with Crippen molar-refractivity contribution in [3.8, 4) is 11.4 Å². The van der Waals surface area contributed by atoms with Crippen molar-refractivity contribution in [2.75, 3.05) is 18.0 Å². The smallest absolute Gasteiger partial charge is 0.272 e. The van der Waals surface area contributed by atoms with E-state index in [9.17, 15) is 14.0 Å². The third kappa shape index (κ3) is 3.96. The second-order valence-electron chi connectivity index (χ2n) is 5.88. The molecule has 132 valence electrons. The van der Waals surface area contributed by atoms with Gasteiger partial charge in [0.25, 0.3) is 5.56 Å². The van der Waals surface area contributed by atoms with Gasteiger partial charge in [0.1, 0.15) is 10.8 Å². The lowest BCUT2D eigenvalue weighted by molar-refractivity contribution is -0.119. The molecule has 0 bridgehead atoms. The number of rotatable bonds is 3. The van der Waals surface area contributed by atoms with E-state index < -0.39 is 11.5 Å². The SMILES string of the molecule is CC(=O)NC1CCN(c2nc(-c3ccnc(F)c3)[nH]c(=O)c2Cl)CC1. The van der Waals surface area contributed by atoms with Crippen LogP contribution in [0.25, 0.3) is 11.4 Å². The maximum atomic E-state index is 13.3. The van der Waals surface area contributed by atoms with Gasteiger partial charge in [-0.3, -0.25) is 9.59 Å². The lowest BCUT2D eigenvalue weighted by Crippen LogP contribution is -2.44. The number of nitrogens with one attached hydrogen (secondary N) is 2. The van der Waals surface area contributed by atoms with Crippen molar-refractivity contribution >= 4 is 23.3 Å². The highest BCUT2D eigenvalue weighted by Gasteiger charge is 2.24. The first-order valence-corrected chi connectivity index (χ1v) is 8.25. The summed E-state index contributed by atoms with van der Waals surface area (Å²) in [5.74, 6) is -0.130. The number of hydrogen-bond donors (Lipinski definition) is 2. The summed E-state index contributed by atoms with van der Waals surface area (Å²) >= 11 is 6.13. The van der Waals surface area contributed by atoms with Crippen LogP contribution in [0.3, 0.4) is 0 Å². The molecule has 1 saturated heterocycles. The quantitative estimate of drug-likeness (QED) is 0.808. The molecule has 0 radical (unpaired) electrons. The fourth-order valence-corrected chi connectivity index (χ4v) is 3.08. The van der Waals surface area contributed by atoms with Crippen molar-refractivity contribution in [1.29, 1.82) is 0 Å². The van der Waals surface area contributed by atoms with Gasteiger partial charge in [0.2, 0.25) is 11.9 Å². The third-order valence-corrected chi connectivity index (χ3v) is 4.39. The molecular weight excluding hydrogens is 349 g/mol. The predicted molar refractivity (Wildman–Crippen MR) is 92.1 cm³/mol. The molecule has 25 heavy (non-hydrogen) atoms. The topological polar surface area (TPSA) is 91.0 Å². The van der Waals surface area contributed by atoms with Gasteiger partial charge in [0.15, 0.2) is 5.82 Å². The molecule has 0 unspecified atom stereocenters. The molecule has 2 N–H and O–H groups in total. The second kappa shape index (κ2) is 7.18. The van der Waals surface area contributed by atoms with E-state index in [0.717, 1.165) is 12.8 Å². The average molecular weight is 366 g/mol. The maximum absolute atomic E-state index is 13.3. The van der Waals surface area contributed by atoms with Crippen LogP contribution in [0.5, 0.6) is 0 Å². The van der Waals surface area contributed by atoms with E-state index in [-0.39, 0.29) is 22.8 Å². The summed E-state index contributed by atoms with van der Waals surface area (Å²) in [7, 11) is 0. The summed E-state index contributed by atoms with van der Waals surface area (Å²) in [4.78, 5) is 35.7. The normalized spacial score (nSPS) is 15.2. The molecule has 0 atom stereocenters. The van der Waals surface area contributed by atoms with Crippen molar-refractivity contribution in [3.63, 3.8) is 0 Å². The third-order valence-electron chi connectivity index (χ3n) is 4.05. The summed E-state index contributed by atoms with van der Waals surface area (Å²) in [5.41, 5.74) is -0.0708. The van der Waals surface area contributed by atoms with Crippen molar-refractivity contribution in [1.82, 2.24) is 20.3 Å². The van der Waals surface area contributed by atoms with Gasteiger partial charge < -0.3 is 15.2 Å². The van der Waals surface area contributed by atoms with Crippen molar-refractivity contribution < 1.29 is 9.18 Å². The Morgan fingerprint density at radius 2 is 2.16 bits per heavy atom. The Morgan fingerprint density at radius 1 is 1.44 bits per heavy atom. The first kappa shape index (κ1) is 17.3. The highest BCUT2D eigenvalue weighted by Crippen LogP contribution is 2.26. The number of nitrogens with zero attached hydrogens (tertiary/aromatic N) is 3. The molecule has 0 aromatic carbocycles. The summed E-state index contributed by atoms with van der Waals surface area (Å²) in [6.07, 6.45) is 2.76. The molecule has 1 aliphatic heterocycles. The number of aromatic amines is 1. The summed E-state index contributed by atoms with van der Waals surface area (Å²) in [6, 6.07) is 2.85. The van der Waals surface area contributed by atoms with Crippen molar-refractivity contribution in [2.45, 2.75) is 25.8 Å². The minimum atomic E-state index is -0.659. The minimum absolute atomic E-state index is 0.00347. The Bertz CT molecular complexity index is 849. The average Bonchev–Trinajstić information content (AvgIpc) is 2.57. The lowest BCUT2D eigenvalue weighted by Gasteiger charge is -2.33. The van der Waals surface area contributed by atoms with E-state index in [0.29, 0.717) is 24.5 Å². The molecule has 2 aromatic heterocycles. The molecule has 0 aliphatic carbocycles. The van der Waals surface area contributed by atoms with Gasteiger partial charge >= 0.3 is 0 Å². The van der Waals surface area contributed by atoms with Gasteiger partial charge in [-0.05, 0) is 18.9 Å². The van der Waals surface area contributed by atoms with E-state index in [1.165, 1.54) is 19.2 Å². The molecule has 9 heteroatoms. The largest absolute Gasteiger partial charge is 0.355 e. The van der Waals surface area contributed by atoms with Crippen LogP contribution in [-0.2, 0) is 4.79 Å². The van der Waals surface area contributed by atoms with E-state index in [1.54, 1.807) is 6.07 Å².